The fraction of sp³-hybridized carbons (Fsp3) is 0.235. The van der Waals surface area contributed by atoms with Crippen LogP contribution in [0.5, 0.6) is 0 Å². The molecule has 0 radical (unpaired) electrons. The Morgan fingerprint density at radius 2 is 2.04 bits per heavy atom. The van der Waals surface area contributed by atoms with E-state index in [2.05, 4.69) is 9.51 Å². The number of amides is 1. The lowest BCUT2D eigenvalue weighted by Gasteiger charge is -2.18. The minimum Gasteiger partial charge on any atom is -0.359 e. The summed E-state index contributed by atoms with van der Waals surface area (Å²) in [6.45, 7) is 3.53. The van der Waals surface area contributed by atoms with Gasteiger partial charge >= 0.3 is 7.82 Å². The number of phosphoric acid groups is 1. The third-order valence-electron chi connectivity index (χ3n) is 4.02. The second-order valence-electron chi connectivity index (χ2n) is 5.77. The number of aryl methyl sites for hydroxylation is 2. The second kappa shape index (κ2) is 6.61. The molecule has 2 N–H and O–H groups in total. The lowest BCUT2D eigenvalue weighted by molar-refractivity contribution is -0.113. The Balaban J connectivity index is 1.98. The largest absolute Gasteiger partial charge is 0.473 e. The molecule has 1 unspecified atom stereocenters. The fourth-order valence-corrected chi connectivity index (χ4v) is 3.17. The topological polar surface area (TPSA) is 91.9 Å². The van der Waals surface area contributed by atoms with E-state index in [4.69, 9.17) is 4.52 Å². The monoisotopic (exact) mass is 362 g/mol. The zero-order valence-electron chi connectivity index (χ0n) is 14.1. The highest BCUT2D eigenvalue weighted by Crippen LogP contribution is 2.44. The summed E-state index contributed by atoms with van der Waals surface area (Å²) in [6, 6.07) is 9.22. The SMILES string of the molecule is COP(=O)(O)OCN1C(=O)/C(=C\c2[nH]c(C)cc2C)c2ccccc21. The average Bonchev–Trinajstić information content (AvgIpc) is 3.03. The maximum atomic E-state index is 12.8. The predicted octanol–water partition coefficient (Wildman–Crippen LogP) is 3.24. The van der Waals surface area contributed by atoms with Gasteiger partial charge in [-0.15, -0.1) is 0 Å². The van der Waals surface area contributed by atoms with Crippen molar-refractivity contribution in [2.75, 3.05) is 18.7 Å². The molecule has 0 spiro atoms. The Bertz CT molecular complexity index is 902. The first kappa shape index (κ1) is 17.6. The van der Waals surface area contributed by atoms with Gasteiger partial charge in [-0.3, -0.25) is 18.7 Å². The average molecular weight is 362 g/mol. The summed E-state index contributed by atoms with van der Waals surface area (Å²) in [6.07, 6.45) is 1.79. The number of para-hydroxylation sites is 1. The van der Waals surface area contributed by atoms with Gasteiger partial charge in [-0.2, -0.15) is 0 Å². The molecular weight excluding hydrogens is 343 g/mol. The van der Waals surface area contributed by atoms with Crippen molar-refractivity contribution in [2.45, 2.75) is 13.8 Å². The molecule has 1 atom stereocenters. The highest BCUT2D eigenvalue weighted by molar-refractivity contribution is 7.47. The van der Waals surface area contributed by atoms with Gasteiger partial charge in [0.2, 0.25) is 0 Å². The van der Waals surface area contributed by atoms with Crippen LogP contribution in [-0.4, -0.2) is 29.6 Å². The maximum absolute atomic E-state index is 12.8. The third-order valence-corrected chi connectivity index (χ3v) is 4.92. The first-order valence-electron chi connectivity index (χ1n) is 7.64. The Kier molecular flexibility index (Phi) is 4.67. The number of anilines is 1. The first-order chi connectivity index (χ1) is 11.8. The van der Waals surface area contributed by atoms with Gasteiger partial charge in [0.25, 0.3) is 5.91 Å². The summed E-state index contributed by atoms with van der Waals surface area (Å²) in [7, 11) is -3.10. The van der Waals surface area contributed by atoms with Crippen molar-refractivity contribution in [1.82, 2.24) is 4.98 Å². The van der Waals surface area contributed by atoms with Crippen LogP contribution < -0.4 is 4.90 Å². The maximum Gasteiger partial charge on any atom is 0.473 e. The minimum atomic E-state index is -4.17. The molecule has 132 valence electrons. The summed E-state index contributed by atoms with van der Waals surface area (Å²) < 4.78 is 20.8. The van der Waals surface area contributed by atoms with Crippen LogP contribution in [0.4, 0.5) is 5.69 Å². The molecule has 1 aromatic heterocycles. The lowest BCUT2D eigenvalue weighted by Crippen LogP contribution is -2.28. The second-order valence-corrected chi connectivity index (χ2v) is 7.33. The number of aromatic amines is 1. The number of aromatic nitrogens is 1. The van der Waals surface area contributed by atoms with Crippen LogP contribution in [0.1, 0.15) is 22.5 Å². The zero-order chi connectivity index (χ0) is 18.2. The van der Waals surface area contributed by atoms with Crippen LogP contribution in [-0.2, 0) is 18.4 Å². The normalized spacial score (nSPS) is 17.8. The van der Waals surface area contributed by atoms with Crippen molar-refractivity contribution >= 4 is 31.1 Å². The van der Waals surface area contributed by atoms with Crippen LogP contribution in [0.25, 0.3) is 11.6 Å². The summed E-state index contributed by atoms with van der Waals surface area (Å²) in [5.41, 5.74) is 4.75. The van der Waals surface area contributed by atoms with E-state index in [1.807, 2.05) is 32.0 Å². The van der Waals surface area contributed by atoms with Gasteiger partial charge in [0, 0.05) is 24.1 Å². The molecule has 1 amide bonds. The van der Waals surface area contributed by atoms with Gasteiger partial charge in [-0.25, -0.2) is 4.57 Å². The molecule has 1 aliphatic rings. The number of nitrogens with one attached hydrogen (secondary N) is 1. The molecular formula is C17H19N2O5P. The van der Waals surface area contributed by atoms with Gasteiger partial charge in [0.1, 0.15) is 6.73 Å². The molecule has 0 fully saturated rings. The van der Waals surface area contributed by atoms with Crippen LogP contribution in [0.15, 0.2) is 30.3 Å². The van der Waals surface area contributed by atoms with Crippen molar-refractivity contribution in [2.24, 2.45) is 0 Å². The van der Waals surface area contributed by atoms with Crippen molar-refractivity contribution in [1.29, 1.82) is 0 Å². The van der Waals surface area contributed by atoms with Gasteiger partial charge in [0.15, 0.2) is 0 Å². The molecule has 0 saturated carbocycles. The van der Waals surface area contributed by atoms with Gasteiger partial charge in [-0.05, 0) is 37.6 Å². The Morgan fingerprint density at radius 1 is 1.32 bits per heavy atom. The Labute approximate surface area is 145 Å². The molecule has 2 aromatic rings. The van der Waals surface area contributed by atoms with Crippen LogP contribution >= 0.6 is 7.82 Å². The number of H-pyrrole nitrogens is 1. The van der Waals surface area contributed by atoms with Crippen LogP contribution in [0.2, 0.25) is 0 Å². The Hall–Kier alpha value is -2.18. The highest BCUT2D eigenvalue weighted by Gasteiger charge is 2.34. The van der Waals surface area contributed by atoms with Gasteiger partial charge < -0.3 is 9.88 Å². The Morgan fingerprint density at radius 3 is 2.68 bits per heavy atom. The number of fused-ring (bicyclic) bond motifs is 1. The lowest BCUT2D eigenvalue weighted by atomic mass is 10.1. The van der Waals surface area contributed by atoms with E-state index in [0.717, 1.165) is 29.6 Å². The van der Waals surface area contributed by atoms with Crippen molar-refractivity contribution in [3.05, 3.63) is 52.8 Å². The molecule has 8 heteroatoms. The zero-order valence-corrected chi connectivity index (χ0v) is 15.0. The van der Waals surface area contributed by atoms with Gasteiger partial charge in [-0.1, -0.05) is 18.2 Å². The van der Waals surface area contributed by atoms with Crippen molar-refractivity contribution in [3.63, 3.8) is 0 Å². The van der Waals surface area contributed by atoms with Crippen LogP contribution in [0, 0.1) is 13.8 Å². The summed E-state index contributed by atoms with van der Waals surface area (Å²) in [5.74, 6) is -0.302. The first-order valence-corrected chi connectivity index (χ1v) is 9.14. The molecule has 0 saturated heterocycles. The number of hydrogen-bond acceptors (Lipinski definition) is 4. The summed E-state index contributed by atoms with van der Waals surface area (Å²) in [4.78, 5) is 26.8. The van der Waals surface area contributed by atoms with Crippen molar-refractivity contribution < 1.29 is 23.3 Å². The number of carbonyl (C=O) groups is 1. The third kappa shape index (κ3) is 3.45. The summed E-state index contributed by atoms with van der Waals surface area (Å²) in [5, 5.41) is 0. The van der Waals surface area contributed by atoms with Gasteiger partial charge in [0.05, 0.1) is 11.3 Å². The van der Waals surface area contributed by atoms with Crippen LogP contribution in [0.3, 0.4) is 0 Å². The van der Waals surface area contributed by atoms with E-state index in [1.54, 1.807) is 18.2 Å². The smallest absolute Gasteiger partial charge is 0.359 e. The van der Waals surface area contributed by atoms with Crippen molar-refractivity contribution in [3.8, 4) is 0 Å². The van der Waals surface area contributed by atoms with E-state index in [0.29, 0.717) is 11.3 Å². The molecule has 1 aromatic carbocycles. The van der Waals surface area contributed by atoms with E-state index < -0.39 is 7.82 Å². The van der Waals surface area contributed by atoms with E-state index in [1.165, 1.54) is 4.90 Å². The molecule has 0 bridgehead atoms. The van der Waals surface area contributed by atoms with E-state index >= 15 is 0 Å². The molecule has 7 nitrogen and oxygen atoms in total. The number of carbonyl (C=O) groups excluding carboxylic acids is 1. The van der Waals surface area contributed by atoms with E-state index in [-0.39, 0.29) is 12.6 Å². The fourth-order valence-electron chi connectivity index (χ4n) is 2.80. The molecule has 25 heavy (non-hydrogen) atoms. The predicted molar refractivity (Wildman–Crippen MR) is 94.9 cm³/mol. The highest BCUT2D eigenvalue weighted by atomic mass is 31.2. The van der Waals surface area contributed by atoms with E-state index in [9.17, 15) is 14.3 Å². The number of phosphoric ester groups is 1. The summed E-state index contributed by atoms with van der Waals surface area (Å²) >= 11 is 0. The molecule has 2 heterocycles. The molecule has 0 aliphatic carbocycles. The number of hydrogen-bond donors (Lipinski definition) is 2. The minimum absolute atomic E-state index is 0.302. The quantitative estimate of drug-likeness (QED) is 0.629. The number of benzene rings is 1. The number of nitrogens with zero attached hydrogens (tertiary/aromatic N) is 1. The molecule has 3 rings (SSSR count). The number of rotatable bonds is 5. The molecule has 1 aliphatic heterocycles. The standard InChI is InChI=1S/C17H19N2O5P/c1-11-8-12(2)18-15(11)9-14-13-6-4-5-7-16(13)19(17(14)20)10-24-25(21,22)23-3/h4-9,18H,10H2,1-3H3,(H,21,22)/b14-9-.